The van der Waals surface area contributed by atoms with Crippen LogP contribution in [-0.4, -0.2) is 70.9 Å². The summed E-state index contributed by atoms with van der Waals surface area (Å²) >= 11 is 0. The Labute approximate surface area is 168 Å². The average Bonchev–Trinajstić information content (AvgIpc) is 2.69. The molecule has 0 spiro atoms. The lowest BCUT2D eigenvalue weighted by molar-refractivity contribution is -0.165. The van der Waals surface area contributed by atoms with Crippen molar-refractivity contribution in [1.29, 1.82) is 0 Å². The maximum Gasteiger partial charge on any atom is 0.387 e. The van der Waals surface area contributed by atoms with Crippen molar-refractivity contribution in [2.75, 3.05) is 19.6 Å². The summed E-state index contributed by atoms with van der Waals surface area (Å²) in [5, 5.41) is 0. The Bertz CT molecular complexity index is 771. The number of hydrogen-bond donors (Lipinski definition) is 0. The largest absolute Gasteiger partial charge is 0.435 e. The van der Waals surface area contributed by atoms with Crippen molar-refractivity contribution in [2.45, 2.75) is 51.9 Å². The van der Waals surface area contributed by atoms with Gasteiger partial charge in [-0.25, -0.2) is 0 Å². The molecule has 29 heavy (non-hydrogen) atoms. The number of alkyl halides is 2. The number of piperazine rings is 1. The highest BCUT2D eigenvalue weighted by molar-refractivity contribution is 5.97. The minimum absolute atomic E-state index is 0.0328. The second kappa shape index (κ2) is 8.75. The van der Waals surface area contributed by atoms with Crippen LogP contribution in [0.1, 0.15) is 43.5 Å². The number of nitrogens with zero attached hydrogens (tertiary/aromatic N) is 3. The van der Waals surface area contributed by atoms with E-state index in [2.05, 4.69) is 4.74 Å². The van der Waals surface area contributed by atoms with Gasteiger partial charge in [-0.2, -0.15) is 8.78 Å². The Kier molecular flexibility index (Phi) is 6.34. The molecule has 3 amide bonds. The van der Waals surface area contributed by atoms with E-state index in [0.29, 0.717) is 12.1 Å². The number of hydrogen-bond acceptors (Lipinski definition) is 4. The summed E-state index contributed by atoms with van der Waals surface area (Å²) in [7, 11) is 0. The summed E-state index contributed by atoms with van der Waals surface area (Å²) in [6.45, 7) is 1.89. The zero-order valence-corrected chi connectivity index (χ0v) is 16.5. The molecule has 0 N–H and O–H groups in total. The summed E-state index contributed by atoms with van der Waals surface area (Å²) in [5.74, 6) is -0.593. The van der Waals surface area contributed by atoms with E-state index >= 15 is 0 Å². The first kappa shape index (κ1) is 21.0. The highest BCUT2D eigenvalue weighted by atomic mass is 19.3. The van der Waals surface area contributed by atoms with E-state index in [1.54, 1.807) is 16.7 Å². The number of benzene rings is 1. The van der Waals surface area contributed by atoms with Gasteiger partial charge < -0.3 is 19.4 Å². The van der Waals surface area contributed by atoms with Crippen molar-refractivity contribution in [2.24, 2.45) is 0 Å². The normalized spacial score (nSPS) is 22.2. The number of halogens is 2. The topological polar surface area (TPSA) is 70.2 Å². The molecule has 0 aromatic heterocycles. The molecule has 2 aliphatic rings. The van der Waals surface area contributed by atoms with Gasteiger partial charge in [-0.3, -0.25) is 14.4 Å². The fourth-order valence-electron chi connectivity index (χ4n) is 3.87. The van der Waals surface area contributed by atoms with Gasteiger partial charge in [0.25, 0.3) is 5.91 Å². The predicted octanol–water partition coefficient (Wildman–Crippen LogP) is 2.32. The Balaban J connectivity index is 1.81. The standard InChI is InChI=1S/C20H25F2N3O4/c1-3-4-10-23-12-16-24(11-9-17(26)25(16)13(2)18(23)27)19(28)14-5-7-15(8-6-14)29-20(21)22/h5-8,13,16,20H,3-4,9-12H2,1-2H3. The zero-order valence-electron chi connectivity index (χ0n) is 16.5. The maximum atomic E-state index is 13.1. The van der Waals surface area contributed by atoms with Gasteiger partial charge in [-0.15, -0.1) is 0 Å². The maximum absolute atomic E-state index is 13.1. The Morgan fingerprint density at radius 3 is 2.55 bits per heavy atom. The van der Waals surface area contributed by atoms with Crippen LogP contribution in [0.2, 0.25) is 0 Å². The molecule has 7 nitrogen and oxygen atoms in total. The van der Waals surface area contributed by atoms with Crippen LogP contribution in [-0.2, 0) is 9.59 Å². The van der Waals surface area contributed by atoms with E-state index in [1.165, 1.54) is 29.2 Å². The molecule has 0 radical (unpaired) electrons. The van der Waals surface area contributed by atoms with Gasteiger partial charge in [-0.1, -0.05) is 13.3 Å². The third-order valence-electron chi connectivity index (χ3n) is 5.37. The van der Waals surface area contributed by atoms with Gasteiger partial charge in [0, 0.05) is 25.1 Å². The van der Waals surface area contributed by atoms with Crippen LogP contribution in [0.3, 0.4) is 0 Å². The molecule has 1 aromatic carbocycles. The fourth-order valence-corrected chi connectivity index (χ4v) is 3.87. The van der Waals surface area contributed by atoms with Crippen molar-refractivity contribution < 1.29 is 27.9 Å². The Hall–Kier alpha value is -2.71. The fraction of sp³-hybridized carbons (Fsp3) is 0.550. The minimum atomic E-state index is -2.94. The molecule has 2 atom stereocenters. The second-order valence-electron chi connectivity index (χ2n) is 7.25. The van der Waals surface area contributed by atoms with Crippen molar-refractivity contribution in [1.82, 2.24) is 14.7 Å². The van der Waals surface area contributed by atoms with E-state index in [0.717, 1.165) is 12.8 Å². The van der Waals surface area contributed by atoms with E-state index in [4.69, 9.17) is 0 Å². The predicted molar refractivity (Wildman–Crippen MR) is 100 cm³/mol. The van der Waals surface area contributed by atoms with Crippen LogP contribution in [0.15, 0.2) is 24.3 Å². The van der Waals surface area contributed by atoms with E-state index in [1.807, 2.05) is 6.92 Å². The molecular formula is C20H25F2N3O4. The Morgan fingerprint density at radius 2 is 1.93 bits per heavy atom. The zero-order chi connectivity index (χ0) is 21.1. The minimum Gasteiger partial charge on any atom is -0.435 e. The van der Waals surface area contributed by atoms with Gasteiger partial charge >= 0.3 is 6.61 Å². The van der Waals surface area contributed by atoms with Crippen LogP contribution in [0.5, 0.6) is 5.75 Å². The molecule has 3 rings (SSSR count). The van der Waals surface area contributed by atoms with Crippen LogP contribution < -0.4 is 4.74 Å². The van der Waals surface area contributed by atoms with Crippen molar-refractivity contribution in [3.05, 3.63) is 29.8 Å². The first-order valence-electron chi connectivity index (χ1n) is 9.79. The quantitative estimate of drug-likeness (QED) is 0.723. The summed E-state index contributed by atoms with van der Waals surface area (Å²) in [5.41, 5.74) is 0.311. The third kappa shape index (κ3) is 4.33. The monoisotopic (exact) mass is 409 g/mol. The smallest absolute Gasteiger partial charge is 0.387 e. The summed E-state index contributed by atoms with van der Waals surface area (Å²) in [4.78, 5) is 43.0. The Morgan fingerprint density at radius 1 is 1.24 bits per heavy atom. The van der Waals surface area contributed by atoms with Crippen LogP contribution in [0.25, 0.3) is 0 Å². The van der Waals surface area contributed by atoms with Crippen LogP contribution >= 0.6 is 0 Å². The van der Waals surface area contributed by atoms with E-state index in [9.17, 15) is 23.2 Å². The molecule has 2 heterocycles. The summed E-state index contributed by atoms with van der Waals surface area (Å²) in [6.07, 6.45) is 1.38. The lowest BCUT2D eigenvalue weighted by Crippen LogP contribution is -2.70. The van der Waals surface area contributed by atoms with Gasteiger partial charge in [0.2, 0.25) is 11.8 Å². The van der Waals surface area contributed by atoms with Crippen molar-refractivity contribution in [3.8, 4) is 5.75 Å². The number of carbonyl (C=O) groups is 3. The number of fused-ring (bicyclic) bond motifs is 1. The highest BCUT2D eigenvalue weighted by Gasteiger charge is 2.46. The van der Waals surface area contributed by atoms with Gasteiger partial charge in [0.05, 0.1) is 6.54 Å². The molecule has 2 aliphatic heterocycles. The molecule has 2 unspecified atom stereocenters. The number of rotatable bonds is 6. The molecule has 2 fully saturated rings. The van der Waals surface area contributed by atoms with Gasteiger partial charge in [0.15, 0.2) is 0 Å². The third-order valence-corrected chi connectivity index (χ3v) is 5.37. The molecule has 0 saturated carbocycles. The van der Waals surface area contributed by atoms with Crippen LogP contribution in [0, 0.1) is 0 Å². The molecule has 0 bridgehead atoms. The summed E-state index contributed by atoms with van der Waals surface area (Å²) in [6, 6.07) is 4.84. The van der Waals surface area contributed by atoms with E-state index in [-0.39, 0.29) is 43.0 Å². The molecule has 1 aromatic rings. The molecule has 2 saturated heterocycles. The van der Waals surface area contributed by atoms with Gasteiger partial charge in [-0.05, 0) is 37.6 Å². The van der Waals surface area contributed by atoms with Gasteiger partial charge in [0.1, 0.15) is 18.0 Å². The van der Waals surface area contributed by atoms with Crippen molar-refractivity contribution in [3.63, 3.8) is 0 Å². The number of unbranched alkanes of at least 4 members (excludes halogenated alkanes) is 1. The SMILES string of the molecule is CCCCN1CC2N(C(=O)c3ccc(OC(F)F)cc3)CCC(=O)N2C(C)C1=O. The lowest BCUT2D eigenvalue weighted by atomic mass is 10.0. The molecular weight excluding hydrogens is 384 g/mol. The average molecular weight is 409 g/mol. The number of ether oxygens (including phenoxy) is 1. The van der Waals surface area contributed by atoms with Crippen molar-refractivity contribution >= 4 is 17.7 Å². The van der Waals surface area contributed by atoms with Crippen LogP contribution in [0.4, 0.5) is 8.78 Å². The summed E-state index contributed by atoms with van der Waals surface area (Å²) < 4.78 is 29.0. The first-order valence-corrected chi connectivity index (χ1v) is 9.79. The first-order chi connectivity index (χ1) is 13.8. The molecule has 0 aliphatic carbocycles. The molecule has 158 valence electrons. The second-order valence-corrected chi connectivity index (χ2v) is 7.25. The lowest BCUT2D eigenvalue weighted by Gasteiger charge is -2.51. The highest BCUT2D eigenvalue weighted by Crippen LogP contribution is 2.27. The number of carbonyl (C=O) groups excluding carboxylic acids is 3. The molecule has 9 heteroatoms. The van der Waals surface area contributed by atoms with E-state index < -0.39 is 18.8 Å². The number of amides is 3.